The molecule has 1 N–H and O–H groups in total. The van der Waals surface area contributed by atoms with Crippen LogP contribution >= 0.6 is 0 Å². The Hall–Kier alpha value is -3.06. The molecule has 0 radical (unpaired) electrons. The van der Waals surface area contributed by atoms with Crippen LogP contribution in [0.4, 0.5) is 8.78 Å². The predicted octanol–water partition coefficient (Wildman–Crippen LogP) is 4.13. The molecule has 0 saturated carbocycles. The van der Waals surface area contributed by atoms with Crippen molar-refractivity contribution in [2.24, 2.45) is 0 Å². The molecule has 2 atom stereocenters. The van der Waals surface area contributed by atoms with E-state index in [4.69, 9.17) is 4.74 Å². The third-order valence-corrected chi connectivity index (χ3v) is 6.93. The standard InChI is InChI=1S/C26H28F2N2O3/c1-3-21(31)29-24-18-8-4-5-9-19(18)26(25(24)33-2)13-15-30(16-14-26)22(32)12-11-17-7-6-10-20(27)23(17)28/h4-12,24-25H,3,13-16H2,1-2H3,(H,29,31)/b12-11+/t24-,25+/m0/s1. The highest BCUT2D eigenvalue weighted by Gasteiger charge is 2.54. The first-order valence-corrected chi connectivity index (χ1v) is 11.2. The Morgan fingerprint density at radius 2 is 1.88 bits per heavy atom. The molecular formula is C26H28F2N2O3. The van der Waals surface area contributed by atoms with E-state index >= 15 is 0 Å². The number of hydrogen-bond donors (Lipinski definition) is 1. The van der Waals surface area contributed by atoms with Crippen molar-refractivity contribution in [3.05, 3.63) is 76.9 Å². The second-order valence-electron chi connectivity index (χ2n) is 8.60. The van der Waals surface area contributed by atoms with E-state index in [0.717, 1.165) is 17.2 Å². The molecule has 0 bridgehead atoms. The molecule has 1 spiro atoms. The number of nitrogens with zero attached hydrogens (tertiary/aromatic N) is 1. The summed E-state index contributed by atoms with van der Waals surface area (Å²) in [6.07, 6.45) is 4.10. The van der Waals surface area contributed by atoms with Gasteiger partial charge in [0.25, 0.3) is 0 Å². The van der Waals surface area contributed by atoms with Crippen molar-refractivity contribution in [1.29, 1.82) is 0 Å². The average Bonchev–Trinajstić information content (AvgIpc) is 3.08. The van der Waals surface area contributed by atoms with Gasteiger partial charge in [-0.25, -0.2) is 8.78 Å². The van der Waals surface area contributed by atoms with E-state index in [1.54, 1.807) is 12.0 Å². The van der Waals surface area contributed by atoms with E-state index in [-0.39, 0.29) is 34.9 Å². The van der Waals surface area contributed by atoms with E-state index < -0.39 is 11.6 Å². The van der Waals surface area contributed by atoms with Crippen LogP contribution in [-0.4, -0.2) is 43.0 Å². The summed E-state index contributed by atoms with van der Waals surface area (Å²) >= 11 is 0. The highest BCUT2D eigenvalue weighted by Crippen LogP contribution is 2.52. The Bertz CT molecular complexity index is 1080. The lowest BCUT2D eigenvalue weighted by Crippen LogP contribution is -2.51. The minimum absolute atomic E-state index is 0.0313. The fraction of sp³-hybridized carbons (Fsp3) is 0.385. The molecule has 1 aliphatic carbocycles. The summed E-state index contributed by atoms with van der Waals surface area (Å²) in [5.74, 6) is -2.19. The zero-order valence-electron chi connectivity index (χ0n) is 18.8. The highest BCUT2D eigenvalue weighted by molar-refractivity contribution is 5.92. The topological polar surface area (TPSA) is 58.6 Å². The zero-order chi connectivity index (χ0) is 23.6. The summed E-state index contributed by atoms with van der Waals surface area (Å²) in [5.41, 5.74) is 1.94. The predicted molar refractivity (Wildman–Crippen MR) is 121 cm³/mol. The Balaban J connectivity index is 1.52. The molecule has 33 heavy (non-hydrogen) atoms. The molecule has 1 saturated heterocycles. The number of fused-ring (bicyclic) bond motifs is 2. The average molecular weight is 455 g/mol. The first kappa shape index (κ1) is 23.1. The van der Waals surface area contributed by atoms with Crippen molar-refractivity contribution < 1.29 is 23.1 Å². The van der Waals surface area contributed by atoms with Crippen molar-refractivity contribution in [2.75, 3.05) is 20.2 Å². The number of halogens is 2. The van der Waals surface area contributed by atoms with Crippen LogP contribution in [0.3, 0.4) is 0 Å². The van der Waals surface area contributed by atoms with Crippen LogP contribution in [0.1, 0.15) is 48.9 Å². The van der Waals surface area contributed by atoms with E-state index in [9.17, 15) is 18.4 Å². The molecule has 1 aliphatic heterocycles. The van der Waals surface area contributed by atoms with Crippen LogP contribution in [0.25, 0.3) is 6.08 Å². The fourth-order valence-corrected chi connectivity index (χ4v) is 5.24. The van der Waals surface area contributed by atoms with Gasteiger partial charge in [0.15, 0.2) is 11.6 Å². The number of amides is 2. The third-order valence-electron chi connectivity index (χ3n) is 6.93. The van der Waals surface area contributed by atoms with Gasteiger partial charge in [-0.1, -0.05) is 43.3 Å². The Labute approximate surface area is 192 Å². The van der Waals surface area contributed by atoms with Crippen molar-refractivity contribution in [2.45, 2.75) is 43.7 Å². The molecule has 7 heteroatoms. The smallest absolute Gasteiger partial charge is 0.246 e. The molecular weight excluding hydrogens is 426 g/mol. The van der Waals surface area contributed by atoms with Gasteiger partial charge in [-0.2, -0.15) is 0 Å². The van der Waals surface area contributed by atoms with Crippen LogP contribution in [0, 0.1) is 11.6 Å². The molecule has 0 unspecified atom stereocenters. The summed E-state index contributed by atoms with van der Waals surface area (Å²) < 4.78 is 33.2. The number of benzene rings is 2. The second kappa shape index (κ2) is 9.43. The quantitative estimate of drug-likeness (QED) is 0.691. The summed E-state index contributed by atoms with van der Waals surface area (Å²) in [7, 11) is 1.66. The minimum atomic E-state index is -0.968. The SMILES string of the molecule is CCC(=O)N[C@H]1c2ccccc2C2(CCN(C(=O)/C=C/c3cccc(F)c3F)CC2)[C@@H]1OC. The van der Waals surface area contributed by atoms with Crippen LogP contribution in [0.5, 0.6) is 0 Å². The number of hydrogen-bond acceptors (Lipinski definition) is 3. The Morgan fingerprint density at radius 1 is 1.15 bits per heavy atom. The van der Waals surface area contributed by atoms with Crippen LogP contribution in [0.2, 0.25) is 0 Å². The van der Waals surface area contributed by atoms with Gasteiger partial charge in [0, 0.05) is 43.7 Å². The fourth-order valence-electron chi connectivity index (χ4n) is 5.24. The van der Waals surface area contributed by atoms with Gasteiger partial charge >= 0.3 is 0 Å². The number of nitrogens with one attached hydrogen (secondary N) is 1. The van der Waals surface area contributed by atoms with Crippen molar-refractivity contribution >= 4 is 17.9 Å². The van der Waals surface area contributed by atoms with Crippen LogP contribution in [0.15, 0.2) is 48.5 Å². The normalized spacial score (nSPS) is 21.4. The number of piperidine rings is 1. The number of carbonyl (C=O) groups is 2. The second-order valence-corrected chi connectivity index (χ2v) is 8.60. The van der Waals surface area contributed by atoms with Crippen molar-refractivity contribution in [3.8, 4) is 0 Å². The summed E-state index contributed by atoms with van der Waals surface area (Å²) in [4.78, 5) is 26.7. The number of methoxy groups -OCH3 is 1. The maximum absolute atomic E-state index is 13.9. The molecule has 2 aromatic carbocycles. The van der Waals surface area contributed by atoms with Gasteiger partial charge in [-0.05, 0) is 36.1 Å². The zero-order valence-corrected chi connectivity index (χ0v) is 18.8. The maximum atomic E-state index is 13.9. The maximum Gasteiger partial charge on any atom is 0.246 e. The molecule has 0 aromatic heterocycles. The number of rotatable bonds is 5. The van der Waals surface area contributed by atoms with Crippen LogP contribution < -0.4 is 5.32 Å². The van der Waals surface area contributed by atoms with Gasteiger partial charge in [-0.3, -0.25) is 9.59 Å². The monoisotopic (exact) mass is 454 g/mol. The lowest BCUT2D eigenvalue weighted by Gasteiger charge is -2.43. The van der Waals surface area contributed by atoms with Gasteiger partial charge in [0.05, 0.1) is 12.1 Å². The molecule has 174 valence electrons. The Kier molecular flexibility index (Phi) is 6.61. The van der Waals surface area contributed by atoms with Crippen molar-refractivity contribution in [3.63, 3.8) is 0 Å². The van der Waals surface area contributed by atoms with Gasteiger partial charge in [0.2, 0.25) is 11.8 Å². The lowest BCUT2D eigenvalue weighted by molar-refractivity contribution is -0.128. The Morgan fingerprint density at radius 3 is 2.58 bits per heavy atom. The minimum Gasteiger partial charge on any atom is -0.378 e. The highest BCUT2D eigenvalue weighted by atomic mass is 19.2. The van der Waals surface area contributed by atoms with E-state index in [1.807, 2.05) is 25.1 Å². The summed E-state index contributed by atoms with van der Waals surface area (Å²) in [6, 6.07) is 11.7. The van der Waals surface area contributed by atoms with E-state index in [2.05, 4.69) is 11.4 Å². The first-order valence-electron chi connectivity index (χ1n) is 11.2. The van der Waals surface area contributed by atoms with Gasteiger partial charge in [-0.15, -0.1) is 0 Å². The molecule has 2 aromatic rings. The van der Waals surface area contributed by atoms with Gasteiger partial charge in [0.1, 0.15) is 0 Å². The lowest BCUT2D eigenvalue weighted by atomic mass is 9.72. The molecule has 1 heterocycles. The van der Waals surface area contributed by atoms with Crippen molar-refractivity contribution in [1.82, 2.24) is 10.2 Å². The summed E-state index contributed by atoms with van der Waals surface area (Å²) in [5, 5.41) is 3.12. The number of likely N-dealkylation sites (tertiary alicyclic amines) is 1. The third kappa shape index (κ3) is 4.17. The molecule has 5 nitrogen and oxygen atoms in total. The molecule has 2 amide bonds. The number of ether oxygens (including phenoxy) is 1. The molecule has 4 rings (SSSR count). The van der Waals surface area contributed by atoms with E-state index in [0.29, 0.717) is 32.4 Å². The van der Waals surface area contributed by atoms with E-state index in [1.165, 1.54) is 24.3 Å². The largest absolute Gasteiger partial charge is 0.378 e. The summed E-state index contributed by atoms with van der Waals surface area (Å²) in [6.45, 7) is 2.82. The van der Waals surface area contributed by atoms with Gasteiger partial charge < -0.3 is 15.0 Å². The first-order chi connectivity index (χ1) is 15.9. The molecule has 1 fully saturated rings. The number of carbonyl (C=O) groups excluding carboxylic acids is 2. The molecule has 2 aliphatic rings. The van der Waals surface area contributed by atoms with Crippen LogP contribution in [-0.2, 0) is 19.7 Å².